The molecule has 30 heavy (non-hydrogen) atoms. The minimum Gasteiger partial charge on any atom is -0.491 e. The Morgan fingerprint density at radius 3 is 2.77 bits per heavy atom. The van der Waals surface area contributed by atoms with E-state index in [0.717, 1.165) is 31.4 Å². The van der Waals surface area contributed by atoms with Crippen LogP contribution >= 0.6 is 0 Å². The number of benzene rings is 2. The molecular formula is C24H31NO5. The molecule has 0 spiro atoms. The summed E-state index contributed by atoms with van der Waals surface area (Å²) in [7, 11) is 0. The number of fused-ring (bicyclic) bond motifs is 1. The van der Waals surface area contributed by atoms with Crippen LogP contribution in [-0.4, -0.2) is 49.6 Å². The van der Waals surface area contributed by atoms with Gasteiger partial charge in [-0.1, -0.05) is 24.3 Å². The van der Waals surface area contributed by atoms with Gasteiger partial charge in [0.15, 0.2) is 6.61 Å². The predicted molar refractivity (Wildman–Crippen MR) is 115 cm³/mol. The molecule has 1 aliphatic carbocycles. The molecule has 0 heterocycles. The van der Waals surface area contributed by atoms with Crippen LogP contribution in [0, 0.1) is 0 Å². The van der Waals surface area contributed by atoms with Crippen LogP contribution < -0.4 is 14.8 Å². The lowest BCUT2D eigenvalue weighted by atomic mass is 10.0. The van der Waals surface area contributed by atoms with Gasteiger partial charge in [0.05, 0.1) is 6.61 Å². The summed E-state index contributed by atoms with van der Waals surface area (Å²) in [5, 5.41) is 13.7. The van der Waals surface area contributed by atoms with Crippen molar-refractivity contribution in [2.24, 2.45) is 0 Å². The Balaban J connectivity index is 1.48. The molecule has 0 bridgehead atoms. The zero-order valence-electron chi connectivity index (χ0n) is 17.5. The number of aryl methyl sites for hydroxylation is 1. The summed E-state index contributed by atoms with van der Waals surface area (Å²) in [6.07, 6.45) is 3.43. The lowest BCUT2D eigenvalue weighted by Gasteiger charge is -2.20. The molecule has 0 fully saturated rings. The molecule has 0 radical (unpaired) electrons. The summed E-state index contributed by atoms with van der Waals surface area (Å²) in [4.78, 5) is 11.5. The van der Waals surface area contributed by atoms with Crippen LogP contribution in [0.5, 0.6) is 11.5 Å². The monoisotopic (exact) mass is 413 g/mol. The van der Waals surface area contributed by atoms with Crippen molar-refractivity contribution in [3.8, 4) is 11.5 Å². The number of aliphatic hydroxyl groups is 1. The predicted octanol–water partition coefficient (Wildman–Crippen LogP) is 2.91. The summed E-state index contributed by atoms with van der Waals surface area (Å²) in [6, 6.07) is 15.8. The first-order valence-electron chi connectivity index (χ1n) is 10.6. The second-order valence-electron chi connectivity index (χ2n) is 7.50. The first-order chi connectivity index (χ1) is 14.6. The van der Waals surface area contributed by atoms with Gasteiger partial charge in [-0.05, 0) is 68.0 Å². The summed E-state index contributed by atoms with van der Waals surface area (Å²) >= 11 is 0. The molecule has 2 N–H and O–H groups in total. The minimum atomic E-state index is -0.577. The molecule has 0 saturated heterocycles. The van der Waals surface area contributed by atoms with E-state index in [4.69, 9.17) is 14.2 Å². The first kappa shape index (κ1) is 22.1. The number of hydrogen-bond donors (Lipinski definition) is 2. The van der Waals surface area contributed by atoms with Crippen molar-refractivity contribution >= 4 is 5.97 Å². The molecule has 6 nitrogen and oxygen atoms in total. The van der Waals surface area contributed by atoms with Crippen molar-refractivity contribution in [2.75, 3.05) is 26.4 Å². The fourth-order valence-electron chi connectivity index (χ4n) is 3.62. The first-order valence-corrected chi connectivity index (χ1v) is 10.6. The van der Waals surface area contributed by atoms with Gasteiger partial charge in [0.1, 0.15) is 24.2 Å². The topological polar surface area (TPSA) is 77.0 Å². The van der Waals surface area contributed by atoms with Crippen molar-refractivity contribution in [1.29, 1.82) is 0 Å². The van der Waals surface area contributed by atoms with Gasteiger partial charge in [0.2, 0.25) is 0 Å². The number of para-hydroxylation sites is 1. The van der Waals surface area contributed by atoms with E-state index < -0.39 is 6.10 Å². The van der Waals surface area contributed by atoms with Gasteiger partial charge in [-0.3, -0.25) is 0 Å². The quantitative estimate of drug-likeness (QED) is 0.461. The Morgan fingerprint density at radius 2 is 1.97 bits per heavy atom. The second kappa shape index (κ2) is 11.6. The average molecular weight is 414 g/mol. The summed E-state index contributed by atoms with van der Waals surface area (Å²) in [5.41, 5.74) is 2.54. The van der Waals surface area contributed by atoms with Gasteiger partial charge < -0.3 is 24.6 Å². The van der Waals surface area contributed by atoms with Crippen molar-refractivity contribution in [3.05, 3.63) is 59.7 Å². The van der Waals surface area contributed by atoms with E-state index in [1.54, 1.807) is 6.92 Å². The normalized spacial score (nSPS) is 16.8. The lowest BCUT2D eigenvalue weighted by molar-refractivity contribution is -0.145. The van der Waals surface area contributed by atoms with Gasteiger partial charge in [0.25, 0.3) is 0 Å². The number of nitrogens with one attached hydrogen (secondary N) is 1. The largest absolute Gasteiger partial charge is 0.491 e. The Kier molecular flexibility index (Phi) is 8.53. The highest BCUT2D eigenvalue weighted by atomic mass is 16.6. The molecule has 0 saturated carbocycles. The van der Waals surface area contributed by atoms with Gasteiger partial charge in [-0.25, -0.2) is 4.79 Å². The van der Waals surface area contributed by atoms with Crippen LogP contribution in [0.15, 0.2) is 48.5 Å². The van der Waals surface area contributed by atoms with E-state index in [1.165, 1.54) is 11.1 Å². The van der Waals surface area contributed by atoms with Crippen molar-refractivity contribution in [1.82, 2.24) is 5.32 Å². The van der Waals surface area contributed by atoms with Gasteiger partial charge in [0, 0.05) is 12.6 Å². The van der Waals surface area contributed by atoms with Crippen LogP contribution in [0.1, 0.15) is 30.9 Å². The smallest absolute Gasteiger partial charge is 0.344 e. The average Bonchev–Trinajstić information content (AvgIpc) is 2.97. The number of hydrogen-bond acceptors (Lipinski definition) is 6. The van der Waals surface area contributed by atoms with Crippen LogP contribution in [0.4, 0.5) is 0 Å². The maximum atomic E-state index is 11.5. The van der Waals surface area contributed by atoms with Crippen LogP contribution in [0.3, 0.4) is 0 Å². The second-order valence-corrected chi connectivity index (χ2v) is 7.50. The third-order valence-corrected chi connectivity index (χ3v) is 5.13. The molecule has 2 aromatic rings. The summed E-state index contributed by atoms with van der Waals surface area (Å²) in [5.74, 6) is 1.08. The molecular weight excluding hydrogens is 382 g/mol. The van der Waals surface area contributed by atoms with Crippen LogP contribution in [0.2, 0.25) is 0 Å². The number of carbonyl (C=O) groups excluding carboxylic acids is 1. The van der Waals surface area contributed by atoms with Crippen molar-refractivity contribution in [2.45, 2.75) is 44.8 Å². The van der Waals surface area contributed by atoms with E-state index >= 15 is 0 Å². The van der Waals surface area contributed by atoms with E-state index in [2.05, 4.69) is 11.4 Å². The maximum Gasteiger partial charge on any atom is 0.344 e. The number of esters is 1. The van der Waals surface area contributed by atoms with Gasteiger partial charge in [-0.2, -0.15) is 0 Å². The summed E-state index contributed by atoms with van der Waals surface area (Å²) in [6.45, 7) is 2.78. The number of rotatable bonds is 10. The Morgan fingerprint density at radius 1 is 1.13 bits per heavy atom. The number of aliphatic hydroxyl groups excluding tert-OH is 1. The highest BCUT2D eigenvalue weighted by molar-refractivity contribution is 5.71. The Bertz CT molecular complexity index is 795. The molecule has 3 rings (SSSR count). The third-order valence-electron chi connectivity index (χ3n) is 5.13. The Labute approximate surface area is 178 Å². The standard InChI is InChI=1S/C24H31NO5/c1-2-28-24(27)17-30-23-12-11-18-7-6-8-20(13-19(18)14-23)25-15-21(26)16-29-22-9-4-3-5-10-22/h3-5,9-12,14,20-21,25-26H,2,6-8,13,15-17H2,1H3/t20?,21-/m0/s1. The molecule has 2 atom stereocenters. The number of ether oxygens (including phenoxy) is 3. The highest BCUT2D eigenvalue weighted by Gasteiger charge is 2.18. The van der Waals surface area contributed by atoms with Gasteiger partial charge >= 0.3 is 5.97 Å². The fraction of sp³-hybridized carbons (Fsp3) is 0.458. The van der Waals surface area contributed by atoms with Crippen LogP contribution in [-0.2, 0) is 22.4 Å². The lowest BCUT2D eigenvalue weighted by Crippen LogP contribution is -2.39. The minimum absolute atomic E-state index is 0.0814. The molecule has 6 heteroatoms. The molecule has 1 aliphatic rings. The van der Waals surface area contributed by atoms with E-state index in [9.17, 15) is 9.90 Å². The highest BCUT2D eigenvalue weighted by Crippen LogP contribution is 2.25. The van der Waals surface area contributed by atoms with Crippen molar-refractivity contribution < 1.29 is 24.1 Å². The maximum absolute atomic E-state index is 11.5. The van der Waals surface area contributed by atoms with Crippen molar-refractivity contribution in [3.63, 3.8) is 0 Å². The SMILES string of the molecule is CCOC(=O)COc1ccc2c(c1)CC(NC[C@H](O)COc1ccccc1)CCC2. The molecule has 0 aliphatic heterocycles. The van der Waals surface area contributed by atoms with E-state index in [1.807, 2.05) is 42.5 Å². The number of carbonyl (C=O) groups is 1. The van der Waals surface area contributed by atoms with Crippen LogP contribution in [0.25, 0.3) is 0 Å². The van der Waals surface area contributed by atoms with E-state index in [-0.39, 0.29) is 25.2 Å². The fourth-order valence-corrected chi connectivity index (χ4v) is 3.62. The molecule has 1 unspecified atom stereocenters. The summed E-state index contributed by atoms with van der Waals surface area (Å²) < 4.78 is 16.1. The molecule has 2 aromatic carbocycles. The van der Waals surface area contributed by atoms with Gasteiger partial charge in [-0.15, -0.1) is 0 Å². The van der Waals surface area contributed by atoms with E-state index in [0.29, 0.717) is 18.9 Å². The molecule has 0 amide bonds. The molecule has 162 valence electrons. The zero-order chi connectivity index (χ0) is 21.2. The zero-order valence-corrected chi connectivity index (χ0v) is 17.5. The third kappa shape index (κ3) is 7.04. The Hall–Kier alpha value is -2.57. The molecule has 0 aromatic heterocycles.